The fourth-order valence-corrected chi connectivity index (χ4v) is 2.34. The maximum Gasteiger partial charge on any atom is 0.416 e. The highest BCUT2D eigenvalue weighted by Crippen LogP contribution is 2.34. The zero-order valence-corrected chi connectivity index (χ0v) is 12.0. The Bertz CT molecular complexity index is 699. The highest BCUT2D eigenvalue weighted by molar-refractivity contribution is 5.85. The van der Waals surface area contributed by atoms with Crippen molar-refractivity contribution in [3.8, 4) is 0 Å². The fraction of sp³-hybridized carbons (Fsp3) is 0.400. The summed E-state index contributed by atoms with van der Waals surface area (Å²) in [6, 6.07) is 3.53. The molecule has 0 spiro atoms. The summed E-state index contributed by atoms with van der Waals surface area (Å²) in [5, 5.41) is 9.83. The van der Waals surface area contributed by atoms with E-state index in [-0.39, 0.29) is 6.42 Å². The second-order valence-electron chi connectivity index (χ2n) is 5.86. The summed E-state index contributed by atoms with van der Waals surface area (Å²) < 4.78 is 39.8. The summed E-state index contributed by atoms with van der Waals surface area (Å²) in [7, 11) is 1.65. The molecule has 1 aromatic heterocycles. The van der Waals surface area contributed by atoms with Gasteiger partial charge in [-0.1, -0.05) is 6.07 Å². The third-order valence-electron chi connectivity index (χ3n) is 3.61. The number of fused-ring (bicyclic) bond motifs is 1. The normalized spacial score (nSPS) is 12.9. The number of carbonyl (C=O) groups is 1. The van der Waals surface area contributed by atoms with Crippen LogP contribution in [0.3, 0.4) is 0 Å². The van der Waals surface area contributed by atoms with Gasteiger partial charge in [0.2, 0.25) is 0 Å². The molecule has 6 heteroatoms. The lowest BCUT2D eigenvalue weighted by atomic mass is 9.86. The van der Waals surface area contributed by atoms with Crippen LogP contribution in [0, 0.1) is 5.41 Å². The lowest BCUT2D eigenvalue weighted by molar-refractivity contribution is -0.146. The largest absolute Gasteiger partial charge is 0.481 e. The van der Waals surface area contributed by atoms with Crippen molar-refractivity contribution in [1.29, 1.82) is 0 Å². The van der Waals surface area contributed by atoms with Crippen LogP contribution in [-0.2, 0) is 24.4 Å². The second-order valence-corrected chi connectivity index (χ2v) is 5.86. The Morgan fingerprint density at radius 3 is 2.43 bits per heavy atom. The third kappa shape index (κ3) is 2.89. The maximum atomic E-state index is 12.7. The van der Waals surface area contributed by atoms with Crippen LogP contribution in [0.15, 0.2) is 24.4 Å². The molecule has 0 aliphatic carbocycles. The molecule has 1 aromatic carbocycles. The Morgan fingerprint density at radius 1 is 1.29 bits per heavy atom. The first-order valence-corrected chi connectivity index (χ1v) is 6.41. The van der Waals surface area contributed by atoms with Crippen LogP contribution < -0.4 is 0 Å². The van der Waals surface area contributed by atoms with Crippen LogP contribution in [0.4, 0.5) is 13.2 Å². The monoisotopic (exact) mass is 299 g/mol. The molecule has 21 heavy (non-hydrogen) atoms. The maximum absolute atomic E-state index is 12.7. The SMILES string of the molecule is Cn1cc(CC(C)(C)C(=O)O)c2ccc(C(F)(F)F)cc21. The smallest absolute Gasteiger partial charge is 0.416 e. The van der Waals surface area contributed by atoms with Crippen LogP contribution in [0.25, 0.3) is 10.9 Å². The number of benzene rings is 1. The van der Waals surface area contributed by atoms with Gasteiger partial charge in [-0.3, -0.25) is 4.79 Å². The zero-order chi connectivity index (χ0) is 16.0. The number of hydrogen-bond acceptors (Lipinski definition) is 1. The minimum atomic E-state index is -4.39. The van der Waals surface area contributed by atoms with E-state index in [2.05, 4.69) is 0 Å². The second kappa shape index (κ2) is 4.79. The first kappa shape index (κ1) is 15.4. The van der Waals surface area contributed by atoms with Crippen molar-refractivity contribution in [3.05, 3.63) is 35.5 Å². The van der Waals surface area contributed by atoms with Crippen molar-refractivity contribution in [2.75, 3.05) is 0 Å². The number of hydrogen-bond donors (Lipinski definition) is 1. The predicted molar refractivity (Wildman–Crippen MR) is 73.0 cm³/mol. The molecule has 0 unspecified atom stereocenters. The van der Waals surface area contributed by atoms with Crippen molar-refractivity contribution in [2.45, 2.75) is 26.4 Å². The van der Waals surface area contributed by atoms with E-state index in [1.54, 1.807) is 31.7 Å². The molecule has 1 N–H and O–H groups in total. The zero-order valence-electron chi connectivity index (χ0n) is 12.0. The molecule has 3 nitrogen and oxygen atoms in total. The highest BCUT2D eigenvalue weighted by Gasteiger charge is 2.32. The molecule has 0 aliphatic heterocycles. The Balaban J connectivity index is 2.52. The minimum Gasteiger partial charge on any atom is -0.481 e. The van der Waals surface area contributed by atoms with Crippen LogP contribution in [0.5, 0.6) is 0 Å². The number of rotatable bonds is 3. The van der Waals surface area contributed by atoms with Crippen LogP contribution in [0.1, 0.15) is 25.0 Å². The lowest BCUT2D eigenvalue weighted by Crippen LogP contribution is -2.26. The predicted octanol–water partition coefficient (Wildman–Crippen LogP) is 3.85. The highest BCUT2D eigenvalue weighted by atomic mass is 19.4. The molecule has 2 rings (SSSR count). The molecule has 0 fully saturated rings. The lowest BCUT2D eigenvalue weighted by Gasteiger charge is -2.18. The van der Waals surface area contributed by atoms with E-state index in [1.807, 2.05) is 0 Å². The topological polar surface area (TPSA) is 42.2 Å². The van der Waals surface area contributed by atoms with Crippen molar-refractivity contribution in [1.82, 2.24) is 4.57 Å². The molecule has 0 bridgehead atoms. The van der Waals surface area contributed by atoms with E-state index in [1.165, 1.54) is 6.07 Å². The molecule has 0 saturated heterocycles. The summed E-state index contributed by atoms with van der Waals surface area (Å²) >= 11 is 0. The van der Waals surface area contributed by atoms with E-state index < -0.39 is 23.1 Å². The average molecular weight is 299 g/mol. The number of nitrogens with zero attached hydrogens (tertiary/aromatic N) is 1. The number of alkyl halides is 3. The summed E-state index contributed by atoms with van der Waals surface area (Å²) in [5.41, 5.74) is -0.508. The molecule has 1 heterocycles. The molecular weight excluding hydrogens is 283 g/mol. The average Bonchev–Trinajstić information content (AvgIpc) is 2.64. The number of carboxylic acids is 1. The number of aromatic nitrogens is 1. The molecule has 114 valence electrons. The Hall–Kier alpha value is -1.98. The van der Waals surface area contributed by atoms with Gasteiger partial charge in [0.25, 0.3) is 0 Å². The molecule has 0 saturated carbocycles. The quantitative estimate of drug-likeness (QED) is 0.935. The van der Waals surface area contributed by atoms with Gasteiger partial charge >= 0.3 is 12.1 Å². The number of halogens is 3. The summed E-state index contributed by atoms with van der Waals surface area (Å²) in [6.07, 6.45) is -2.44. The Labute approximate surface area is 120 Å². The van der Waals surface area contributed by atoms with Crippen LogP contribution in [-0.4, -0.2) is 15.6 Å². The molecular formula is C15H16F3NO2. The van der Waals surface area contributed by atoms with E-state index in [4.69, 9.17) is 0 Å². The van der Waals surface area contributed by atoms with Gasteiger partial charge in [-0.25, -0.2) is 0 Å². The van der Waals surface area contributed by atoms with Gasteiger partial charge in [-0.15, -0.1) is 0 Å². The van der Waals surface area contributed by atoms with E-state index in [0.29, 0.717) is 10.9 Å². The van der Waals surface area contributed by atoms with Crippen LogP contribution in [0.2, 0.25) is 0 Å². The summed E-state index contributed by atoms with van der Waals surface area (Å²) in [4.78, 5) is 11.2. The van der Waals surface area contributed by atoms with Gasteiger partial charge < -0.3 is 9.67 Å². The number of aliphatic carboxylic acids is 1. The van der Waals surface area contributed by atoms with Gasteiger partial charge in [-0.05, 0) is 38.0 Å². The van der Waals surface area contributed by atoms with E-state index >= 15 is 0 Å². The van der Waals surface area contributed by atoms with Gasteiger partial charge in [-0.2, -0.15) is 13.2 Å². The Morgan fingerprint density at radius 2 is 1.90 bits per heavy atom. The minimum absolute atomic E-state index is 0.255. The molecule has 0 aliphatic rings. The van der Waals surface area contributed by atoms with E-state index in [0.717, 1.165) is 17.7 Å². The molecule has 0 amide bonds. The van der Waals surface area contributed by atoms with Crippen molar-refractivity contribution in [2.24, 2.45) is 12.5 Å². The van der Waals surface area contributed by atoms with Crippen LogP contribution >= 0.6 is 0 Å². The summed E-state index contributed by atoms with van der Waals surface area (Å²) in [6.45, 7) is 3.19. The standard InChI is InChI=1S/C15H16F3NO2/c1-14(2,13(20)21)7-9-8-19(3)12-6-10(15(16,17)18)4-5-11(9)12/h4-6,8H,7H2,1-3H3,(H,20,21). The number of aryl methyl sites for hydroxylation is 1. The van der Waals surface area contributed by atoms with Gasteiger partial charge in [0.1, 0.15) is 0 Å². The van der Waals surface area contributed by atoms with Crippen molar-refractivity contribution in [3.63, 3.8) is 0 Å². The third-order valence-corrected chi connectivity index (χ3v) is 3.61. The van der Waals surface area contributed by atoms with E-state index in [9.17, 15) is 23.1 Å². The summed E-state index contributed by atoms with van der Waals surface area (Å²) in [5.74, 6) is -0.939. The van der Waals surface area contributed by atoms with Crippen molar-refractivity contribution >= 4 is 16.9 Å². The first-order chi connectivity index (χ1) is 9.52. The molecule has 2 aromatic rings. The van der Waals surface area contributed by atoms with Gasteiger partial charge in [0, 0.05) is 24.1 Å². The van der Waals surface area contributed by atoms with Crippen molar-refractivity contribution < 1.29 is 23.1 Å². The number of carboxylic acid groups (broad SMARTS) is 1. The molecule has 0 atom stereocenters. The van der Waals surface area contributed by atoms with Gasteiger partial charge in [0.15, 0.2) is 0 Å². The first-order valence-electron chi connectivity index (χ1n) is 6.41. The van der Waals surface area contributed by atoms with Gasteiger partial charge in [0.05, 0.1) is 11.0 Å². The Kier molecular flexibility index (Phi) is 3.51. The molecule has 0 radical (unpaired) electrons. The fourth-order valence-electron chi connectivity index (χ4n) is 2.34.